The zero-order valence-corrected chi connectivity index (χ0v) is 32.0. The number of hydrogen-bond donors (Lipinski definition) is 2. The van der Waals surface area contributed by atoms with Crippen LogP contribution in [0.3, 0.4) is 0 Å². The Balaban J connectivity index is 0.000000459. The second kappa shape index (κ2) is 14.6. The van der Waals surface area contributed by atoms with E-state index in [-0.39, 0.29) is 0 Å². The average Bonchev–Trinajstić information content (AvgIpc) is 3.62. The van der Waals surface area contributed by atoms with Crippen molar-refractivity contribution in [2.45, 2.75) is 18.4 Å². The summed E-state index contributed by atoms with van der Waals surface area (Å²) >= 11 is 0. The van der Waals surface area contributed by atoms with Gasteiger partial charge >= 0.3 is 0 Å². The lowest BCUT2D eigenvalue weighted by molar-refractivity contribution is 0.435. The van der Waals surface area contributed by atoms with Crippen molar-refractivity contribution in [1.82, 2.24) is 4.57 Å². The Hall–Kier alpha value is -7.34. The van der Waals surface area contributed by atoms with Gasteiger partial charge in [0.15, 0.2) is 0 Å². The summed E-state index contributed by atoms with van der Waals surface area (Å²) in [5.74, 6) is 2.41. The first kappa shape index (κ1) is 35.1. The molecule has 2 aliphatic heterocycles. The minimum absolute atomic E-state index is 0.640. The van der Waals surface area contributed by atoms with E-state index >= 15 is 0 Å². The highest BCUT2D eigenvalue weighted by atomic mass is 16.5. The number of ether oxygens (including phenoxy) is 1. The van der Waals surface area contributed by atoms with Gasteiger partial charge in [-0.1, -0.05) is 152 Å². The predicted molar refractivity (Wildman–Crippen MR) is 239 cm³/mol. The van der Waals surface area contributed by atoms with Gasteiger partial charge in [-0.25, -0.2) is 0 Å². The minimum atomic E-state index is -0.666. The molecule has 3 heterocycles. The molecule has 5 nitrogen and oxygen atoms in total. The molecule has 58 heavy (non-hydrogen) atoms. The van der Waals surface area contributed by atoms with Crippen molar-refractivity contribution in [1.29, 1.82) is 0 Å². The van der Waals surface area contributed by atoms with Crippen LogP contribution in [0.4, 0.5) is 17.1 Å². The van der Waals surface area contributed by atoms with Crippen molar-refractivity contribution in [3.8, 4) is 11.5 Å². The molecule has 1 spiro atoms. The number of nitrogens with zero attached hydrogens (tertiary/aromatic N) is 2. The van der Waals surface area contributed by atoms with Crippen LogP contribution in [-0.2, 0) is 18.4 Å². The van der Waals surface area contributed by atoms with Crippen LogP contribution in [0.25, 0.3) is 27.6 Å². The Labute approximate surface area is 338 Å². The molecule has 11 rings (SSSR count). The first-order valence-electron chi connectivity index (χ1n) is 19.8. The standard InChI is InChI=1S/C46H33N3O.C7H9N/c47-45(28-27-31-15-3-1-4-16-31)49-39-23-11-7-19-33(39)34-29-44-38(30-42(34)49)46(37-22-10-14-26-43(37)50-44)35-20-8-12-24-40(35)48(32-17-5-2-6-18-32)41-25-13-9-21-36(41)46;8-6-7-4-2-1-3-5-7/h1-26,28-30H,27,47H2;1-5H,6,8H2/b45-28+;. The summed E-state index contributed by atoms with van der Waals surface area (Å²) < 4.78 is 9.13. The lowest BCUT2D eigenvalue weighted by atomic mass is 9.61. The van der Waals surface area contributed by atoms with Crippen molar-refractivity contribution in [2.75, 3.05) is 4.90 Å². The second-order valence-corrected chi connectivity index (χ2v) is 14.8. The number of allylic oxidation sites excluding steroid dienone is 1. The third-order valence-electron chi connectivity index (χ3n) is 11.5. The van der Waals surface area contributed by atoms with Crippen LogP contribution in [0.1, 0.15) is 33.4 Å². The largest absolute Gasteiger partial charge is 0.457 e. The van der Waals surface area contributed by atoms with E-state index in [9.17, 15) is 0 Å². The molecule has 0 atom stereocenters. The summed E-state index contributed by atoms with van der Waals surface area (Å²) in [6, 6.07) is 70.4. The molecule has 5 heteroatoms. The number of rotatable bonds is 5. The molecular formula is C53H42N4O. The highest BCUT2D eigenvalue weighted by Gasteiger charge is 2.51. The van der Waals surface area contributed by atoms with E-state index < -0.39 is 5.41 Å². The summed E-state index contributed by atoms with van der Waals surface area (Å²) in [7, 11) is 0. The van der Waals surface area contributed by atoms with Crippen LogP contribution in [0.5, 0.6) is 11.5 Å². The average molecular weight is 751 g/mol. The number of benzene rings is 8. The maximum absolute atomic E-state index is 7.06. The fourth-order valence-electron chi connectivity index (χ4n) is 9.00. The Bertz CT molecular complexity index is 2900. The summed E-state index contributed by atoms with van der Waals surface area (Å²) in [6.45, 7) is 0.640. The topological polar surface area (TPSA) is 69.4 Å². The van der Waals surface area contributed by atoms with Gasteiger partial charge in [0, 0.05) is 34.1 Å². The van der Waals surface area contributed by atoms with E-state index in [2.05, 4.69) is 179 Å². The SMILES string of the molecule is N/C(=C\Cc1ccccc1)n1c2ccccc2c2cc3c(cc21)C1(c2ccccc2O3)c2ccccc2N(c2ccccc2)c2ccccc21.NCc1ccccc1. The molecule has 8 aromatic carbocycles. The van der Waals surface area contributed by atoms with Gasteiger partial charge in [-0.15, -0.1) is 0 Å². The van der Waals surface area contributed by atoms with Crippen molar-refractivity contribution in [3.05, 3.63) is 240 Å². The van der Waals surface area contributed by atoms with E-state index in [1.807, 2.05) is 36.4 Å². The zero-order chi connectivity index (χ0) is 39.1. The lowest BCUT2D eigenvalue weighted by Gasteiger charge is -2.48. The van der Waals surface area contributed by atoms with Crippen LogP contribution >= 0.6 is 0 Å². The molecule has 2 aliphatic rings. The molecule has 1 aromatic heterocycles. The summed E-state index contributed by atoms with van der Waals surface area (Å²) in [5.41, 5.74) is 24.3. The minimum Gasteiger partial charge on any atom is -0.457 e. The summed E-state index contributed by atoms with van der Waals surface area (Å²) in [6.07, 6.45) is 2.87. The van der Waals surface area contributed by atoms with E-state index in [0.29, 0.717) is 12.4 Å². The number of anilines is 3. The number of aromatic nitrogens is 1. The molecule has 0 aliphatic carbocycles. The Kier molecular flexibility index (Phi) is 8.85. The van der Waals surface area contributed by atoms with Crippen molar-refractivity contribution in [3.63, 3.8) is 0 Å². The molecule has 4 N–H and O–H groups in total. The Morgan fingerprint density at radius 3 is 1.71 bits per heavy atom. The maximum atomic E-state index is 7.06. The van der Waals surface area contributed by atoms with Crippen LogP contribution in [0.2, 0.25) is 0 Å². The Morgan fingerprint density at radius 1 is 0.500 bits per heavy atom. The molecule has 0 radical (unpaired) electrons. The van der Waals surface area contributed by atoms with Gasteiger partial charge in [-0.05, 0) is 83.3 Å². The molecule has 0 saturated carbocycles. The van der Waals surface area contributed by atoms with Gasteiger partial charge in [0.2, 0.25) is 0 Å². The molecule has 9 aromatic rings. The van der Waals surface area contributed by atoms with Crippen LogP contribution in [-0.4, -0.2) is 4.57 Å². The van der Waals surface area contributed by atoms with E-state index in [4.69, 9.17) is 16.2 Å². The van der Waals surface area contributed by atoms with E-state index in [1.54, 1.807) is 0 Å². The normalized spacial score (nSPS) is 13.5. The van der Waals surface area contributed by atoms with Crippen molar-refractivity contribution in [2.24, 2.45) is 11.5 Å². The van der Waals surface area contributed by atoms with Crippen LogP contribution in [0, 0.1) is 0 Å². The molecule has 0 amide bonds. The molecular weight excluding hydrogens is 709 g/mol. The van der Waals surface area contributed by atoms with Crippen LogP contribution < -0.4 is 21.1 Å². The molecule has 0 fully saturated rings. The predicted octanol–water partition coefficient (Wildman–Crippen LogP) is 12.2. The van der Waals surface area contributed by atoms with E-state index in [1.165, 1.54) is 22.3 Å². The van der Waals surface area contributed by atoms with Crippen molar-refractivity contribution < 1.29 is 4.74 Å². The number of nitrogens with two attached hydrogens (primary N) is 2. The second-order valence-electron chi connectivity index (χ2n) is 14.8. The smallest absolute Gasteiger partial charge is 0.133 e. The van der Waals surface area contributed by atoms with Gasteiger partial charge in [-0.3, -0.25) is 4.57 Å². The first-order chi connectivity index (χ1) is 28.7. The molecule has 0 bridgehead atoms. The summed E-state index contributed by atoms with van der Waals surface area (Å²) in [4.78, 5) is 2.40. The molecule has 0 unspecified atom stereocenters. The third-order valence-corrected chi connectivity index (χ3v) is 11.5. The number of hydrogen-bond acceptors (Lipinski definition) is 4. The number of para-hydroxylation sites is 5. The fraction of sp³-hybridized carbons (Fsp3) is 0.0566. The quantitative estimate of drug-likeness (QED) is 0.184. The molecule has 0 saturated heterocycles. The fourth-order valence-corrected chi connectivity index (χ4v) is 9.00. The van der Waals surface area contributed by atoms with Crippen LogP contribution in [0.15, 0.2) is 206 Å². The summed E-state index contributed by atoms with van der Waals surface area (Å²) in [5, 5.41) is 2.24. The molecule has 280 valence electrons. The van der Waals surface area contributed by atoms with Gasteiger partial charge in [0.1, 0.15) is 17.3 Å². The zero-order valence-electron chi connectivity index (χ0n) is 32.0. The van der Waals surface area contributed by atoms with Crippen molar-refractivity contribution >= 4 is 44.7 Å². The maximum Gasteiger partial charge on any atom is 0.133 e. The third kappa shape index (κ3) is 5.67. The van der Waals surface area contributed by atoms with E-state index in [0.717, 1.165) is 67.9 Å². The van der Waals surface area contributed by atoms with Gasteiger partial charge < -0.3 is 21.1 Å². The van der Waals surface area contributed by atoms with Gasteiger partial charge in [0.05, 0.1) is 27.8 Å². The van der Waals surface area contributed by atoms with Gasteiger partial charge in [0.25, 0.3) is 0 Å². The highest BCUT2D eigenvalue weighted by molar-refractivity contribution is 6.11. The monoisotopic (exact) mass is 750 g/mol. The number of fused-ring (bicyclic) bond motifs is 11. The lowest BCUT2D eigenvalue weighted by Crippen LogP contribution is -2.39. The Morgan fingerprint density at radius 2 is 1.05 bits per heavy atom. The van der Waals surface area contributed by atoms with Gasteiger partial charge in [-0.2, -0.15) is 0 Å². The first-order valence-corrected chi connectivity index (χ1v) is 19.8. The highest BCUT2D eigenvalue weighted by Crippen LogP contribution is 2.63.